The third-order valence-electron chi connectivity index (χ3n) is 3.67. The molecule has 9 heteroatoms. The smallest absolute Gasteiger partial charge is 0.253 e. The first-order valence-electron chi connectivity index (χ1n) is 7.51. The largest absolute Gasteiger partial charge is 0.485 e. The van der Waals surface area contributed by atoms with Crippen LogP contribution in [0.2, 0.25) is 0 Å². The van der Waals surface area contributed by atoms with Crippen LogP contribution in [0.3, 0.4) is 0 Å². The molecule has 138 valence electrons. The molecule has 0 bridgehead atoms. The van der Waals surface area contributed by atoms with E-state index in [2.05, 4.69) is 10.3 Å². The molecule has 1 aliphatic rings. The molecule has 1 aliphatic heterocycles. The normalized spacial score (nSPS) is 18.8. The number of nitrogens with zero attached hydrogens (tertiary/aromatic N) is 1. The summed E-state index contributed by atoms with van der Waals surface area (Å²) >= 11 is 1.52. The number of para-hydroxylation sites is 2. The molecule has 2 heterocycles. The predicted octanol–water partition coefficient (Wildman–Crippen LogP) is 3.01. The van der Waals surface area contributed by atoms with Crippen molar-refractivity contribution in [2.45, 2.75) is 31.7 Å². The van der Waals surface area contributed by atoms with E-state index in [0.717, 1.165) is 12.1 Å². The molecule has 3 rings (SSSR count). The summed E-state index contributed by atoms with van der Waals surface area (Å²) in [5, 5.41) is 4.81. The number of thiazole rings is 1. The minimum absolute atomic E-state index is 0. The Balaban J connectivity index is 0.00000156. The summed E-state index contributed by atoms with van der Waals surface area (Å²) in [4.78, 5) is 16.5. The van der Waals surface area contributed by atoms with E-state index in [9.17, 15) is 4.79 Å². The zero-order valence-corrected chi connectivity index (χ0v) is 15.9. The topological polar surface area (TPSA) is 86.5 Å². The maximum Gasteiger partial charge on any atom is 0.253 e. The molecular formula is C16H21Cl2N3O3S. The van der Waals surface area contributed by atoms with E-state index in [1.54, 1.807) is 5.51 Å². The molecule has 1 fully saturated rings. The fraction of sp³-hybridized carbons (Fsp3) is 0.375. The van der Waals surface area contributed by atoms with Crippen LogP contribution < -0.4 is 15.8 Å². The number of rotatable bonds is 6. The SMILES string of the molecule is Cl.Cl.NC[C@H]1CC[C@@H](C(=O)Nc2ccccc2OCc2cscn2)O1. The van der Waals surface area contributed by atoms with Gasteiger partial charge in [-0.2, -0.15) is 0 Å². The minimum atomic E-state index is -0.449. The Morgan fingerprint density at radius 1 is 1.36 bits per heavy atom. The third-order valence-corrected chi connectivity index (χ3v) is 4.30. The summed E-state index contributed by atoms with van der Waals surface area (Å²) in [6, 6.07) is 7.34. The van der Waals surface area contributed by atoms with Crippen molar-refractivity contribution in [3.63, 3.8) is 0 Å². The summed E-state index contributed by atoms with van der Waals surface area (Å²) in [5.41, 5.74) is 8.83. The Hall–Kier alpha value is -1.38. The second-order valence-corrected chi connectivity index (χ2v) is 6.03. The monoisotopic (exact) mass is 405 g/mol. The molecular weight excluding hydrogens is 385 g/mol. The van der Waals surface area contributed by atoms with Crippen LogP contribution >= 0.6 is 36.2 Å². The van der Waals surface area contributed by atoms with Crippen LogP contribution in [0, 0.1) is 0 Å². The van der Waals surface area contributed by atoms with Gasteiger partial charge < -0.3 is 20.5 Å². The van der Waals surface area contributed by atoms with Gasteiger partial charge in [-0.25, -0.2) is 4.98 Å². The molecule has 0 unspecified atom stereocenters. The Morgan fingerprint density at radius 2 is 2.16 bits per heavy atom. The van der Waals surface area contributed by atoms with Crippen LogP contribution in [-0.4, -0.2) is 29.6 Å². The van der Waals surface area contributed by atoms with Gasteiger partial charge in [0.1, 0.15) is 18.5 Å². The summed E-state index contributed by atoms with van der Waals surface area (Å²) in [5.74, 6) is 0.452. The van der Waals surface area contributed by atoms with Crippen molar-refractivity contribution in [2.24, 2.45) is 5.73 Å². The van der Waals surface area contributed by atoms with Gasteiger partial charge in [0, 0.05) is 11.9 Å². The lowest BCUT2D eigenvalue weighted by Gasteiger charge is -2.15. The van der Waals surface area contributed by atoms with Crippen molar-refractivity contribution in [1.82, 2.24) is 4.98 Å². The van der Waals surface area contributed by atoms with Crippen molar-refractivity contribution in [3.05, 3.63) is 40.8 Å². The molecule has 2 atom stereocenters. The van der Waals surface area contributed by atoms with Gasteiger partial charge >= 0.3 is 0 Å². The van der Waals surface area contributed by atoms with Crippen LogP contribution in [-0.2, 0) is 16.1 Å². The first kappa shape index (κ1) is 21.7. The number of ether oxygens (including phenoxy) is 2. The van der Waals surface area contributed by atoms with Crippen molar-refractivity contribution >= 4 is 47.7 Å². The lowest BCUT2D eigenvalue weighted by molar-refractivity contribution is -0.126. The lowest BCUT2D eigenvalue weighted by atomic mass is 10.2. The highest BCUT2D eigenvalue weighted by Gasteiger charge is 2.30. The van der Waals surface area contributed by atoms with E-state index in [1.807, 2.05) is 29.6 Å². The number of anilines is 1. The van der Waals surface area contributed by atoms with Gasteiger partial charge in [-0.1, -0.05) is 12.1 Å². The van der Waals surface area contributed by atoms with Gasteiger partial charge in [0.15, 0.2) is 0 Å². The average Bonchev–Trinajstić information content (AvgIpc) is 3.25. The fourth-order valence-corrected chi connectivity index (χ4v) is 2.98. The van der Waals surface area contributed by atoms with E-state index >= 15 is 0 Å². The quantitative estimate of drug-likeness (QED) is 0.770. The van der Waals surface area contributed by atoms with Crippen molar-refractivity contribution in [2.75, 3.05) is 11.9 Å². The number of carbonyl (C=O) groups excluding carboxylic acids is 1. The van der Waals surface area contributed by atoms with Gasteiger partial charge in [0.2, 0.25) is 0 Å². The summed E-state index contributed by atoms with van der Waals surface area (Å²) in [6.07, 6.45) is 1.03. The van der Waals surface area contributed by atoms with Gasteiger partial charge in [-0.15, -0.1) is 36.2 Å². The van der Waals surface area contributed by atoms with E-state index in [-0.39, 0.29) is 36.8 Å². The number of carbonyl (C=O) groups is 1. The number of aromatic nitrogens is 1. The summed E-state index contributed by atoms with van der Waals surface area (Å²) < 4.78 is 11.4. The Labute approximate surface area is 162 Å². The maximum atomic E-state index is 12.3. The van der Waals surface area contributed by atoms with Crippen molar-refractivity contribution < 1.29 is 14.3 Å². The zero-order chi connectivity index (χ0) is 16.1. The van der Waals surface area contributed by atoms with E-state index in [4.69, 9.17) is 15.2 Å². The van der Waals surface area contributed by atoms with E-state index in [1.165, 1.54) is 11.3 Å². The molecule has 0 aliphatic carbocycles. The van der Waals surface area contributed by atoms with Gasteiger partial charge in [0.25, 0.3) is 5.91 Å². The standard InChI is InChI=1S/C16H19N3O3S.2ClH/c17-7-12-5-6-15(22-12)16(20)19-13-3-1-2-4-14(13)21-8-11-9-23-10-18-11;;/h1-4,9-10,12,15H,5-8,17H2,(H,19,20);2*1H/t12-,15+;;/m1../s1. The average molecular weight is 406 g/mol. The number of nitrogens with one attached hydrogen (secondary N) is 1. The van der Waals surface area contributed by atoms with Crippen LogP contribution in [0.25, 0.3) is 0 Å². The Bertz CT molecular complexity index is 658. The molecule has 25 heavy (non-hydrogen) atoms. The fourth-order valence-electron chi connectivity index (χ4n) is 2.44. The van der Waals surface area contributed by atoms with Gasteiger partial charge in [-0.3, -0.25) is 4.79 Å². The molecule has 1 saturated heterocycles. The molecule has 1 amide bonds. The molecule has 0 saturated carbocycles. The van der Waals surface area contributed by atoms with E-state index in [0.29, 0.717) is 31.0 Å². The molecule has 1 aromatic heterocycles. The molecule has 0 spiro atoms. The number of hydrogen-bond donors (Lipinski definition) is 2. The first-order valence-corrected chi connectivity index (χ1v) is 8.46. The van der Waals surface area contributed by atoms with Gasteiger partial charge in [-0.05, 0) is 25.0 Å². The number of hydrogen-bond acceptors (Lipinski definition) is 6. The van der Waals surface area contributed by atoms with Crippen LogP contribution in [0.1, 0.15) is 18.5 Å². The summed E-state index contributed by atoms with van der Waals surface area (Å²) in [7, 11) is 0. The van der Waals surface area contributed by atoms with E-state index < -0.39 is 6.10 Å². The molecule has 3 N–H and O–H groups in total. The number of amides is 1. The second kappa shape index (κ2) is 10.6. The third kappa shape index (κ3) is 5.83. The first-order chi connectivity index (χ1) is 11.3. The number of halogens is 2. The lowest BCUT2D eigenvalue weighted by Crippen LogP contribution is -2.29. The Morgan fingerprint density at radius 3 is 2.84 bits per heavy atom. The highest BCUT2D eigenvalue weighted by atomic mass is 35.5. The number of benzene rings is 1. The maximum absolute atomic E-state index is 12.3. The zero-order valence-electron chi connectivity index (χ0n) is 13.4. The van der Waals surface area contributed by atoms with Gasteiger partial charge in [0.05, 0.1) is 23.0 Å². The summed E-state index contributed by atoms with van der Waals surface area (Å²) in [6.45, 7) is 0.808. The molecule has 0 radical (unpaired) electrons. The van der Waals surface area contributed by atoms with Crippen LogP contribution in [0.15, 0.2) is 35.2 Å². The van der Waals surface area contributed by atoms with Crippen LogP contribution in [0.5, 0.6) is 5.75 Å². The second-order valence-electron chi connectivity index (χ2n) is 5.31. The molecule has 1 aromatic carbocycles. The highest BCUT2D eigenvalue weighted by molar-refractivity contribution is 7.07. The van der Waals surface area contributed by atoms with Crippen molar-refractivity contribution in [3.8, 4) is 5.75 Å². The number of nitrogens with two attached hydrogens (primary N) is 1. The molecule has 2 aromatic rings. The van der Waals surface area contributed by atoms with Crippen molar-refractivity contribution in [1.29, 1.82) is 0 Å². The minimum Gasteiger partial charge on any atom is -0.485 e. The van der Waals surface area contributed by atoms with Crippen LogP contribution in [0.4, 0.5) is 5.69 Å². The highest BCUT2D eigenvalue weighted by Crippen LogP contribution is 2.27. The predicted molar refractivity (Wildman–Crippen MR) is 103 cm³/mol. The molecule has 6 nitrogen and oxygen atoms in total. The Kier molecular flexibility index (Phi) is 9.16.